The number of aryl methyl sites for hydroxylation is 2. The van der Waals surface area contributed by atoms with E-state index in [0.717, 1.165) is 0 Å². The Bertz CT molecular complexity index is 411. The van der Waals surface area contributed by atoms with E-state index in [9.17, 15) is 9.59 Å². The predicted octanol–water partition coefficient (Wildman–Crippen LogP) is 0.884. The lowest BCUT2D eigenvalue weighted by atomic mass is 10.2. The van der Waals surface area contributed by atoms with Crippen LogP contribution in [0.1, 0.15) is 35.5 Å². The maximum Gasteiger partial charge on any atom is 0.326 e. The van der Waals surface area contributed by atoms with Gasteiger partial charge in [-0.2, -0.15) is 0 Å². The van der Waals surface area contributed by atoms with Crippen LogP contribution in [0, 0.1) is 13.8 Å². The van der Waals surface area contributed by atoms with E-state index in [1.807, 2.05) is 0 Å². The predicted molar refractivity (Wildman–Crippen MR) is 55.2 cm³/mol. The molecule has 1 aromatic heterocycles. The smallest absolute Gasteiger partial charge is 0.326 e. The van der Waals surface area contributed by atoms with Crippen LogP contribution >= 0.6 is 0 Å². The van der Waals surface area contributed by atoms with E-state index in [2.05, 4.69) is 10.3 Å². The Morgan fingerprint density at radius 3 is 2.50 bits per heavy atom. The Morgan fingerprint density at radius 1 is 1.50 bits per heavy atom. The van der Waals surface area contributed by atoms with Gasteiger partial charge in [0.05, 0.1) is 5.69 Å². The lowest BCUT2D eigenvalue weighted by molar-refractivity contribution is -0.139. The van der Waals surface area contributed by atoms with Crippen molar-refractivity contribution in [2.45, 2.75) is 33.2 Å². The molecule has 16 heavy (non-hydrogen) atoms. The van der Waals surface area contributed by atoms with E-state index >= 15 is 0 Å². The second kappa shape index (κ2) is 4.78. The fraction of sp³-hybridized carbons (Fsp3) is 0.500. The Hall–Kier alpha value is -1.85. The van der Waals surface area contributed by atoms with Gasteiger partial charge in [-0.1, -0.05) is 6.92 Å². The lowest BCUT2D eigenvalue weighted by Gasteiger charge is -2.10. The van der Waals surface area contributed by atoms with Gasteiger partial charge in [0.15, 0.2) is 5.89 Å². The van der Waals surface area contributed by atoms with E-state index in [4.69, 9.17) is 9.52 Å². The number of aromatic nitrogens is 1. The first-order valence-electron chi connectivity index (χ1n) is 4.93. The average Bonchev–Trinajstić information content (AvgIpc) is 2.53. The summed E-state index contributed by atoms with van der Waals surface area (Å²) in [6.07, 6.45) is 0.313. The lowest BCUT2D eigenvalue weighted by Crippen LogP contribution is -2.40. The molecule has 0 radical (unpaired) electrons. The third-order valence-electron chi connectivity index (χ3n) is 2.12. The maximum atomic E-state index is 11.6. The molecule has 0 aromatic carbocycles. The zero-order valence-corrected chi connectivity index (χ0v) is 9.40. The quantitative estimate of drug-likeness (QED) is 0.795. The van der Waals surface area contributed by atoms with Gasteiger partial charge in [0.25, 0.3) is 5.91 Å². The highest BCUT2D eigenvalue weighted by Crippen LogP contribution is 2.09. The van der Waals surface area contributed by atoms with Crippen LogP contribution in [0.3, 0.4) is 0 Å². The monoisotopic (exact) mass is 226 g/mol. The van der Waals surface area contributed by atoms with Crippen LogP contribution in [0.15, 0.2) is 4.42 Å². The number of hydrogen-bond donors (Lipinski definition) is 2. The van der Waals surface area contributed by atoms with Crippen LogP contribution in [-0.4, -0.2) is 28.0 Å². The fourth-order valence-corrected chi connectivity index (χ4v) is 1.30. The minimum Gasteiger partial charge on any atom is -0.480 e. The molecular formula is C10H14N2O4. The Kier molecular flexibility index (Phi) is 3.65. The van der Waals surface area contributed by atoms with Gasteiger partial charge in [0, 0.05) is 6.92 Å². The number of rotatable bonds is 4. The average molecular weight is 226 g/mol. The van der Waals surface area contributed by atoms with E-state index in [0.29, 0.717) is 18.0 Å². The topological polar surface area (TPSA) is 92.4 Å². The summed E-state index contributed by atoms with van der Waals surface area (Å²) in [7, 11) is 0. The highest BCUT2D eigenvalue weighted by atomic mass is 16.4. The molecule has 88 valence electrons. The molecule has 0 saturated carbocycles. The van der Waals surface area contributed by atoms with Gasteiger partial charge in [-0.05, 0) is 13.3 Å². The molecule has 0 spiro atoms. The molecule has 6 heteroatoms. The largest absolute Gasteiger partial charge is 0.480 e. The van der Waals surface area contributed by atoms with Crippen molar-refractivity contribution in [1.29, 1.82) is 0 Å². The van der Waals surface area contributed by atoms with Gasteiger partial charge < -0.3 is 14.8 Å². The number of nitrogens with one attached hydrogen (secondary N) is 1. The summed E-state index contributed by atoms with van der Waals surface area (Å²) < 4.78 is 5.09. The highest BCUT2D eigenvalue weighted by molar-refractivity contribution is 5.95. The summed E-state index contributed by atoms with van der Waals surface area (Å²) >= 11 is 0. The van der Waals surface area contributed by atoms with Crippen molar-refractivity contribution < 1.29 is 19.1 Å². The molecule has 1 heterocycles. The summed E-state index contributed by atoms with van der Waals surface area (Å²) in [5, 5.41) is 11.1. The number of carbonyl (C=O) groups is 2. The molecule has 2 N–H and O–H groups in total. The third-order valence-corrected chi connectivity index (χ3v) is 2.12. The molecule has 0 aliphatic carbocycles. The van der Waals surface area contributed by atoms with Crippen LogP contribution in [0.2, 0.25) is 0 Å². The van der Waals surface area contributed by atoms with Gasteiger partial charge in [0.2, 0.25) is 5.76 Å². The van der Waals surface area contributed by atoms with E-state index in [1.54, 1.807) is 20.8 Å². The molecular weight excluding hydrogens is 212 g/mol. The molecule has 1 aromatic rings. The summed E-state index contributed by atoms with van der Waals surface area (Å²) in [6, 6.07) is -0.905. The van der Waals surface area contributed by atoms with Gasteiger partial charge >= 0.3 is 5.97 Å². The van der Waals surface area contributed by atoms with Crippen molar-refractivity contribution in [3.05, 3.63) is 17.3 Å². The number of hydrogen-bond acceptors (Lipinski definition) is 4. The van der Waals surface area contributed by atoms with Crippen LogP contribution in [-0.2, 0) is 4.79 Å². The van der Waals surface area contributed by atoms with Gasteiger partial charge in [0.1, 0.15) is 6.04 Å². The number of carboxylic acids is 1. The number of nitrogens with zero attached hydrogens (tertiary/aromatic N) is 1. The minimum absolute atomic E-state index is 0.0669. The second-order valence-corrected chi connectivity index (χ2v) is 3.42. The standard InChI is InChI=1S/C10H14N2O4/c1-4-7(10(14)15)12-9(13)8-5(2)11-6(3)16-8/h7H,4H2,1-3H3,(H,12,13)(H,14,15)/t7-/m0/s1. The van der Waals surface area contributed by atoms with Crippen molar-refractivity contribution >= 4 is 11.9 Å². The molecule has 0 aliphatic heterocycles. The molecule has 1 atom stereocenters. The molecule has 1 amide bonds. The highest BCUT2D eigenvalue weighted by Gasteiger charge is 2.22. The molecule has 0 aliphatic rings. The molecule has 0 unspecified atom stereocenters. The number of carboxylic acid groups (broad SMARTS) is 1. The summed E-state index contributed by atoms with van der Waals surface area (Å²) in [4.78, 5) is 26.3. The summed E-state index contributed by atoms with van der Waals surface area (Å²) in [5.74, 6) is -1.17. The van der Waals surface area contributed by atoms with Crippen LogP contribution in [0.4, 0.5) is 0 Å². The first kappa shape index (κ1) is 12.2. The van der Waals surface area contributed by atoms with Crippen molar-refractivity contribution in [2.24, 2.45) is 0 Å². The fourth-order valence-electron chi connectivity index (χ4n) is 1.30. The molecule has 1 rings (SSSR count). The van der Waals surface area contributed by atoms with Gasteiger partial charge in [-0.15, -0.1) is 0 Å². The Balaban J connectivity index is 2.79. The van der Waals surface area contributed by atoms with Crippen LogP contribution in [0.5, 0.6) is 0 Å². The van der Waals surface area contributed by atoms with Crippen molar-refractivity contribution in [1.82, 2.24) is 10.3 Å². The zero-order chi connectivity index (χ0) is 12.3. The first-order chi connectivity index (χ1) is 7.45. The molecule has 6 nitrogen and oxygen atoms in total. The van der Waals surface area contributed by atoms with Crippen molar-refractivity contribution in [2.75, 3.05) is 0 Å². The van der Waals surface area contributed by atoms with E-state index in [1.165, 1.54) is 0 Å². The van der Waals surface area contributed by atoms with Crippen LogP contribution in [0.25, 0.3) is 0 Å². The van der Waals surface area contributed by atoms with Gasteiger partial charge in [-0.3, -0.25) is 4.79 Å². The minimum atomic E-state index is -1.07. The Morgan fingerprint density at radius 2 is 2.12 bits per heavy atom. The SMILES string of the molecule is CC[C@H](NC(=O)c1oc(C)nc1C)C(=O)O. The zero-order valence-electron chi connectivity index (χ0n) is 9.40. The van der Waals surface area contributed by atoms with E-state index < -0.39 is 17.9 Å². The summed E-state index contributed by atoms with van der Waals surface area (Å²) in [5.41, 5.74) is 0.454. The normalized spacial score (nSPS) is 12.2. The molecule has 0 bridgehead atoms. The van der Waals surface area contributed by atoms with E-state index in [-0.39, 0.29) is 5.76 Å². The van der Waals surface area contributed by atoms with Gasteiger partial charge in [-0.25, -0.2) is 9.78 Å². The maximum absolute atomic E-state index is 11.6. The summed E-state index contributed by atoms with van der Waals surface area (Å²) in [6.45, 7) is 4.93. The van der Waals surface area contributed by atoms with Crippen molar-refractivity contribution in [3.8, 4) is 0 Å². The number of oxazole rings is 1. The Labute approximate surface area is 92.7 Å². The first-order valence-corrected chi connectivity index (χ1v) is 4.93. The molecule has 0 saturated heterocycles. The number of amides is 1. The van der Waals surface area contributed by atoms with Crippen molar-refractivity contribution in [3.63, 3.8) is 0 Å². The van der Waals surface area contributed by atoms with Crippen LogP contribution < -0.4 is 5.32 Å². The third kappa shape index (κ3) is 2.59. The number of carbonyl (C=O) groups excluding carboxylic acids is 1. The second-order valence-electron chi connectivity index (χ2n) is 3.42. The molecule has 0 fully saturated rings. The number of aliphatic carboxylic acids is 1.